The van der Waals surface area contributed by atoms with Crippen molar-refractivity contribution in [2.24, 2.45) is 0 Å². The largest absolute Gasteiger partial charge is 0.135 e. The molecule has 6 rings (SSSR count). The van der Waals surface area contributed by atoms with E-state index in [2.05, 4.69) is 84.9 Å². The van der Waals surface area contributed by atoms with Gasteiger partial charge in [-0.05, 0) is 29.3 Å². The fraction of sp³-hybridized carbons (Fsp3) is 0. The molecule has 0 aliphatic rings. The van der Waals surface area contributed by atoms with E-state index in [4.69, 9.17) is 0 Å². The summed E-state index contributed by atoms with van der Waals surface area (Å²) in [5.41, 5.74) is 2.64. The van der Waals surface area contributed by atoms with E-state index in [1.54, 1.807) is 0 Å². The van der Waals surface area contributed by atoms with Crippen LogP contribution in [0.3, 0.4) is 0 Å². The molecule has 122 valence electrons. The van der Waals surface area contributed by atoms with Crippen molar-refractivity contribution in [3.05, 3.63) is 84.9 Å². The summed E-state index contributed by atoms with van der Waals surface area (Å²) in [7, 11) is 0. The van der Waals surface area contributed by atoms with Crippen molar-refractivity contribution < 1.29 is 0 Å². The topological polar surface area (TPSA) is 0 Å². The van der Waals surface area contributed by atoms with E-state index in [0.717, 1.165) is 0 Å². The van der Waals surface area contributed by atoms with Gasteiger partial charge in [-0.1, -0.05) is 66.7 Å². The maximum Gasteiger partial charge on any atom is 0.0433 e. The maximum absolute atomic E-state index is 2.36. The van der Waals surface area contributed by atoms with Gasteiger partial charge < -0.3 is 0 Å². The molecule has 0 amide bonds. The number of thiophene rings is 2. The highest BCUT2D eigenvalue weighted by Gasteiger charge is 2.11. The molecule has 2 aromatic heterocycles. The first kappa shape index (κ1) is 14.5. The van der Waals surface area contributed by atoms with Crippen LogP contribution >= 0.6 is 22.7 Å². The predicted octanol–water partition coefficient (Wildman–Crippen LogP) is 8.09. The minimum Gasteiger partial charge on any atom is -0.135 e. The molecule has 0 bridgehead atoms. The molecule has 0 unspecified atom stereocenters. The van der Waals surface area contributed by atoms with Crippen molar-refractivity contribution in [1.29, 1.82) is 0 Å². The van der Waals surface area contributed by atoms with Gasteiger partial charge in [-0.25, -0.2) is 0 Å². The Morgan fingerprint density at radius 2 is 1.12 bits per heavy atom. The number of hydrogen-bond acceptors (Lipinski definition) is 2. The van der Waals surface area contributed by atoms with Gasteiger partial charge >= 0.3 is 0 Å². The summed E-state index contributed by atoms with van der Waals surface area (Å²) in [6.07, 6.45) is 0. The molecule has 0 atom stereocenters. The molecule has 26 heavy (non-hydrogen) atoms. The molecule has 4 aromatic carbocycles. The zero-order valence-corrected chi connectivity index (χ0v) is 15.5. The van der Waals surface area contributed by atoms with Crippen LogP contribution in [0.1, 0.15) is 0 Å². The Hall–Kier alpha value is -2.68. The molecule has 0 N–H and O–H groups in total. The zero-order valence-electron chi connectivity index (χ0n) is 13.9. The van der Waals surface area contributed by atoms with Gasteiger partial charge in [-0.2, -0.15) is 0 Å². The van der Waals surface area contributed by atoms with E-state index in [9.17, 15) is 0 Å². The fourth-order valence-electron chi connectivity index (χ4n) is 3.87. The molecule has 6 aromatic rings. The Bertz CT molecular complexity index is 1430. The van der Waals surface area contributed by atoms with Crippen molar-refractivity contribution in [2.45, 2.75) is 0 Å². The lowest BCUT2D eigenvalue weighted by Gasteiger charge is -2.04. The third-order valence-corrected chi connectivity index (χ3v) is 7.45. The van der Waals surface area contributed by atoms with E-state index < -0.39 is 0 Å². The fourth-order valence-corrected chi connectivity index (χ4v) is 6.25. The van der Waals surface area contributed by atoms with Crippen molar-refractivity contribution in [3.8, 4) is 11.1 Å². The Morgan fingerprint density at radius 1 is 0.462 bits per heavy atom. The van der Waals surface area contributed by atoms with E-state index >= 15 is 0 Å². The minimum absolute atomic E-state index is 1.31. The van der Waals surface area contributed by atoms with Crippen LogP contribution in [0.5, 0.6) is 0 Å². The quantitative estimate of drug-likeness (QED) is 0.276. The molecule has 0 saturated heterocycles. The van der Waals surface area contributed by atoms with Gasteiger partial charge in [-0.15, -0.1) is 22.7 Å². The third kappa shape index (κ3) is 2.00. The van der Waals surface area contributed by atoms with Crippen molar-refractivity contribution >= 4 is 63.0 Å². The summed E-state index contributed by atoms with van der Waals surface area (Å²) >= 11 is 3.78. The maximum atomic E-state index is 2.36. The number of fused-ring (bicyclic) bond motifs is 6. The van der Waals surface area contributed by atoms with Crippen LogP contribution in [0.2, 0.25) is 0 Å². The average molecular weight is 367 g/mol. The van der Waals surface area contributed by atoms with Crippen LogP contribution < -0.4 is 0 Å². The van der Waals surface area contributed by atoms with Gasteiger partial charge in [0, 0.05) is 40.3 Å². The lowest BCUT2D eigenvalue weighted by Crippen LogP contribution is -1.78. The third-order valence-electron chi connectivity index (χ3n) is 5.09. The number of hydrogen-bond donors (Lipinski definition) is 0. The Morgan fingerprint density at radius 3 is 1.96 bits per heavy atom. The molecule has 0 fully saturated rings. The summed E-state index contributed by atoms with van der Waals surface area (Å²) in [6, 6.07) is 31.0. The molecule has 0 aliphatic carbocycles. The van der Waals surface area contributed by atoms with Crippen LogP contribution in [-0.2, 0) is 0 Å². The molecule has 2 heteroatoms. The minimum atomic E-state index is 1.31. The molecule has 0 saturated carbocycles. The molecule has 0 radical (unpaired) electrons. The Kier molecular flexibility index (Phi) is 3.01. The average Bonchev–Trinajstić information content (AvgIpc) is 3.25. The molecular formula is C24H14S2. The van der Waals surface area contributed by atoms with Crippen molar-refractivity contribution in [2.75, 3.05) is 0 Å². The van der Waals surface area contributed by atoms with Gasteiger partial charge in [0.05, 0.1) is 0 Å². The second-order valence-electron chi connectivity index (χ2n) is 6.59. The second-order valence-corrected chi connectivity index (χ2v) is 8.73. The SMILES string of the molecule is c1ccc2c(c1)sc1cc(-c3cccc4c3sc3ccccc34)ccc12. The highest BCUT2D eigenvalue weighted by Crippen LogP contribution is 2.42. The van der Waals surface area contributed by atoms with E-state index in [-0.39, 0.29) is 0 Å². The predicted molar refractivity (Wildman–Crippen MR) is 118 cm³/mol. The number of rotatable bonds is 1. The van der Waals surface area contributed by atoms with Gasteiger partial charge in [0.2, 0.25) is 0 Å². The monoisotopic (exact) mass is 366 g/mol. The summed E-state index contributed by atoms with van der Waals surface area (Å²) in [6.45, 7) is 0. The molecule has 2 heterocycles. The van der Waals surface area contributed by atoms with Crippen LogP contribution in [0.25, 0.3) is 51.5 Å². The zero-order chi connectivity index (χ0) is 17.1. The first-order chi connectivity index (χ1) is 12.9. The highest BCUT2D eigenvalue weighted by molar-refractivity contribution is 7.26. The lowest BCUT2D eigenvalue weighted by atomic mass is 10.0. The summed E-state index contributed by atoms with van der Waals surface area (Å²) in [4.78, 5) is 0. The van der Waals surface area contributed by atoms with Gasteiger partial charge in [0.25, 0.3) is 0 Å². The van der Waals surface area contributed by atoms with Crippen LogP contribution in [-0.4, -0.2) is 0 Å². The van der Waals surface area contributed by atoms with E-state index in [0.29, 0.717) is 0 Å². The number of benzene rings is 4. The highest BCUT2D eigenvalue weighted by atomic mass is 32.1. The summed E-state index contributed by atoms with van der Waals surface area (Å²) < 4.78 is 5.47. The van der Waals surface area contributed by atoms with Crippen molar-refractivity contribution in [1.82, 2.24) is 0 Å². The standard InChI is InChI=1S/C24H14S2/c1-3-10-21-17(6-1)19-13-12-15(14-23(19)25-21)16-8-5-9-20-18-7-2-4-11-22(18)26-24(16)20/h1-14H. The summed E-state index contributed by atoms with van der Waals surface area (Å²) in [5.74, 6) is 0. The van der Waals surface area contributed by atoms with Crippen LogP contribution in [0.4, 0.5) is 0 Å². The first-order valence-electron chi connectivity index (χ1n) is 8.70. The lowest BCUT2D eigenvalue weighted by molar-refractivity contribution is 1.75. The molecule has 0 spiro atoms. The Labute approximate surface area is 158 Å². The van der Waals surface area contributed by atoms with Gasteiger partial charge in [0.1, 0.15) is 0 Å². The van der Waals surface area contributed by atoms with E-state index in [1.807, 2.05) is 22.7 Å². The van der Waals surface area contributed by atoms with Crippen LogP contribution in [0, 0.1) is 0 Å². The van der Waals surface area contributed by atoms with E-state index in [1.165, 1.54) is 51.5 Å². The first-order valence-corrected chi connectivity index (χ1v) is 10.3. The molecular weight excluding hydrogens is 352 g/mol. The molecule has 0 nitrogen and oxygen atoms in total. The Balaban J connectivity index is 1.66. The normalized spacial score (nSPS) is 11.8. The van der Waals surface area contributed by atoms with Crippen LogP contribution in [0.15, 0.2) is 84.9 Å². The van der Waals surface area contributed by atoms with Gasteiger partial charge in [-0.3, -0.25) is 0 Å². The summed E-state index contributed by atoms with van der Waals surface area (Å²) in [5, 5.41) is 5.44. The van der Waals surface area contributed by atoms with Crippen molar-refractivity contribution in [3.63, 3.8) is 0 Å². The smallest absolute Gasteiger partial charge is 0.0433 e. The second kappa shape index (κ2) is 5.41. The molecule has 0 aliphatic heterocycles. The van der Waals surface area contributed by atoms with Gasteiger partial charge in [0.15, 0.2) is 0 Å².